The monoisotopic (exact) mass is 336 g/mol. The molecule has 1 heterocycles. The first-order valence-corrected chi connectivity index (χ1v) is 9.18. The van der Waals surface area contributed by atoms with E-state index in [0.29, 0.717) is 5.92 Å². The van der Waals surface area contributed by atoms with E-state index in [1.807, 2.05) is 17.0 Å². The standard InChI is InChI=1S/C19H29ClN2O/c1-3-4-11-22(16(2)23)15-18-9-12-21(13-10-18)14-17-5-7-19(20)8-6-17/h5-8,18H,3-4,9-15H2,1-2H3. The van der Waals surface area contributed by atoms with Crippen LogP contribution in [0.1, 0.15) is 45.1 Å². The lowest BCUT2D eigenvalue weighted by molar-refractivity contribution is -0.129. The molecule has 128 valence electrons. The quantitative estimate of drug-likeness (QED) is 0.745. The number of hydrogen-bond donors (Lipinski definition) is 0. The molecule has 0 spiro atoms. The van der Waals surface area contributed by atoms with Crippen LogP contribution in [0.3, 0.4) is 0 Å². The number of nitrogens with zero attached hydrogens (tertiary/aromatic N) is 2. The molecule has 1 amide bonds. The smallest absolute Gasteiger partial charge is 0.219 e. The fraction of sp³-hybridized carbons (Fsp3) is 0.632. The van der Waals surface area contributed by atoms with Gasteiger partial charge in [0.2, 0.25) is 5.91 Å². The van der Waals surface area contributed by atoms with Gasteiger partial charge < -0.3 is 4.90 Å². The third kappa shape index (κ3) is 6.15. The van der Waals surface area contributed by atoms with E-state index in [-0.39, 0.29) is 5.91 Å². The number of halogens is 1. The lowest BCUT2D eigenvalue weighted by atomic mass is 9.95. The number of rotatable bonds is 7. The van der Waals surface area contributed by atoms with Crippen molar-refractivity contribution >= 4 is 17.5 Å². The molecule has 0 atom stereocenters. The van der Waals surface area contributed by atoms with E-state index in [1.54, 1.807) is 6.92 Å². The zero-order chi connectivity index (χ0) is 16.7. The lowest BCUT2D eigenvalue weighted by Crippen LogP contribution is -2.40. The van der Waals surface area contributed by atoms with E-state index in [4.69, 9.17) is 11.6 Å². The van der Waals surface area contributed by atoms with Gasteiger partial charge in [-0.1, -0.05) is 37.1 Å². The average Bonchev–Trinajstić information content (AvgIpc) is 2.55. The van der Waals surface area contributed by atoms with Crippen molar-refractivity contribution in [2.45, 2.75) is 46.1 Å². The van der Waals surface area contributed by atoms with Crippen LogP contribution in [0.2, 0.25) is 5.02 Å². The summed E-state index contributed by atoms with van der Waals surface area (Å²) in [4.78, 5) is 16.3. The molecule has 0 aliphatic carbocycles. The summed E-state index contributed by atoms with van der Waals surface area (Å²) in [5, 5.41) is 0.795. The van der Waals surface area contributed by atoms with Crippen molar-refractivity contribution in [3.63, 3.8) is 0 Å². The maximum absolute atomic E-state index is 11.8. The van der Waals surface area contributed by atoms with Crippen LogP contribution in [0.4, 0.5) is 0 Å². The molecule has 0 aromatic heterocycles. The van der Waals surface area contributed by atoms with Crippen molar-refractivity contribution in [2.75, 3.05) is 26.2 Å². The summed E-state index contributed by atoms with van der Waals surface area (Å²) < 4.78 is 0. The highest BCUT2D eigenvalue weighted by Crippen LogP contribution is 2.21. The van der Waals surface area contributed by atoms with E-state index in [0.717, 1.165) is 50.6 Å². The fourth-order valence-electron chi connectivity index (χ4n) is 3.21. The predicted molar refractivity (Wildman–Crippen MR) is 96.6 cm³/mol. The molecule has 4 heteroatoms. The van der Waals surface area contributed by atoms with E-state index in [9.17, 15) is 4.79 Å². The Morgan fingerprint density at radius 2 is 1.91 bits per heavy atom. The van der Waals surface area contributed by atoms with E-state index in [2.05, 4.69) is 24.0 Å². The van der Waals surface area contributed by atoms with Gasteiger partial charge in [-0.05, 0) is 56.0 Å². The molecule has 1 aromatic rings. The van der Waals surface area contributed by atoms with Crippen molar-refractivity contribution in [1.29, 1.82) is 0 Å². The molecule has 0 N–H and O–H groups in total. The fourth-order valence-corrected chi connectivity index (χ4v) is 3.34. The van der Waals surface area contributed by atoms with Gasteiger partial charge in [-0.15, -0.1) is 0 Å². The minimum atomic E-state index is 0.224. The molecule has 1 aromatic carbocycles. The van der Waals surface area contributed by atoms with Crippen LogP contribution in [0.5, 0.6) is 0 Å². The molecule has 0 saturated carbocycles. The number of hydrogen-bond acceptors (Lipinski definition) is 2. The Kier molecular flexibility index (Phi) is 7.38. The van der Waals surface area contributed by atoms with Gasteiger partial charge in [0.15, 0.2) is 0 Å². The summed E-state index contributed by atoms with van der Waals surface area (Å²) in [6.07, 6.45) is 4.62. The first-order valence-electron chi connectivity index (χ1n) is 8.80. The lowest BCUT2D eigenvalue weighted by Gasteiger charge is -2.34. The molecule has 1 saturated heterocycles. The Balaban J connectivity index is 1.76. The predicted octanol–water partition coefficient (Wildman–Crippen LogP) is 4.20. The van der Waals surface area contributed by atoms with Crippen molar-refractivity contribution in [3.8, 4) is 0 Å². The first-order chi connectivity index (χ1) is 11.1. The second-order valence-corrected chi connectivity index (χ2v) is 7.10. The maximum Gasteiger partial charge on any atom is 0.219 e. The zero-order valence-corrected chi connectivity index (χ0v) is 15.2. The van der Waals surface area contributed by atoms with E-state index in [1.165, 1.54) is 18.4 Å². The van der Waals surface area contributed by atoms with Crippen LogP contribution >= 0.6 is 11.6 Å². The highest BCUT2D eigenvalue weighted by atomic mass is 35.5. The Bertz CT molecular complexity index is 481. The largest absolute Gasteiger partial charge is 0.343 e. The molecular weight excluding hydrogens is 308 g/mol. The number of benzene rings is 1. The highest BCUT2D eigenvalue weighted by Gasteiger charge is 2.22. The third-order valence-corrected chi connectivity index (χ3v) is 4.98. The highest BCUT2D eigenvalue weighted by molar-refractivity contribution is 6.30. The van der Waals surface area contributed by atoms with Gasteiger partial charge in [-0.3, -0.25) is 9.69 Å². The van der Waals surface area contributed by atoms with Crippen molar-refractivity contribution in [1.82, 2.24) is 9.80 Å². The van der Waals surface area contributed by atoms with Gasteiger partial charge in [0.05, 0.1) is 0 Å². The second kappa shape index (κ2) is 9.29. The number of carbonyl (C=O) groups excluding carboxylic acids is 1. The summed E-state index contributed by atoms with van der Waals surface area (Å²) in [6.45, 7) is 8.95. The Labute approximate surface area is 145 Å². The number of amides is 1. The minimum Gasteiger partial charge on any atom is -0.343 e. The average molecular weight is 337 g/mol. The van der Waals surface area contributed by atoms with Gasteiger partial charge >= 0.3 is 0 Å². The molecule has 3 nitrogen and oxygen atoms in total. The number of carbonyl (C=O) groups is 1. The van der Waals surface area contributed by atoms with Gasteiger partial charge in [0, 0.05) is 31.6 Å². The van der Waals surface area contributed by atoms with Crippen molar-refractivity contribution in [3.05, 3.63) is 34.9 Å². The summed E-state index contributed by atoms with van der Waals surface area (Å²) >= 11 is 5.94. The van der Waals surface area contributed by atoms with Crippen molar-refractivity contribution < 1.29 is 4.79 Å². The SMILES string of the molecule is CCCCN(CC1CCN(Cc2ccc(Cl)cc2)CC1)C(C)=O. The van der Waals surface area contributed by atoms with Crippen LogP contribution < -0.4 is 0 Å². The van der Waals surface area contributed by atoms with Gasteiger partial charge in [0.25, 0.3) is 0 Å². The summed E-state index contributed by atoms with van der Waals surface area (Å²) in [5.41, 5.74) is 1.32. The first kappa shape index (κ1) is 18.3. The topological polar surface area (TPSA) is 23.6 Å². The molecular formula is C19H29ClN2O. The molecule has 0 radical (unpaired) electrons. The Hall–Kier alpha value is -1.06. The van der Waals surface area contributed by atoms with Gasteiger partial charge in [0.1, 0.15) is 0 Å². The zero-order valence-electron chi connectivity index (χ0n) is 14.4. The maximum atomic E-state index is 11.8. The third-order valence-electron chi connectivity index (χ3n) is 4.73. The molecule has 1 fully saturated rings. The van der Waals surface area contributed by atoms with Crippen molar-refractivity contribution in [2.24, 2.45) is 5.92 Å². The molecule has 1 aliphatic rings. The minimum absolute atomic E-state index is 0.224. The molecule has 1 aliphatic heterocycles. The molecule has 0 bridgehead atoms. The molecule has 2 rings (SSSR count). The normalized spacial score (nSPS) is 16.5. The summed E-state index contributed by atoms with van der Waals surface area (Å²) in [5.74, 6) is 0.874. The van der Waals surface area contributed by atoms with Crippen LogP contribution in [0, 0.1) is 5.92 Å². The number of piperidine rings is 1. The van der Waals surface area contributed by atoms with Crippen LogP contribution in [-0.2, 0) is 11.3 Å². The summed E-state index contributed by atoms with van der Waals surface area (Å²) in [6, 6.07) is 8.14. The molecule has 0 unspecified atom stereocenters. The van der Waals surface area contributed by atoms with E-state index < -0.39 is 0 Å². The second-order valence-electron chi connectivity index (χ2n) is 6.66. The Morgan fingerprint density at radius 3 is 2.48 bits per heavy atom. The van der Waals surface area contributed by atoms with E-state index >= 15 is 0 Å². The van der Waals surface area contributed by atoms with Gasteiger partial charge in [-0.2, -0.15) is 0 Å². The Morgan fingerprint density at radius 1 is 1.26 bits per heavy atom. The van der Waals surface area contributed by atoms with Crippen LogP contribution in [-0.4, -0.2) is 41.9 Å². The summed E-state index contributed by atoms with van der Waals surface area (Å²) in [7, 11) is 0. The molecule has 23 heavy (non-hydrogen) atoms. The van der Waals surface area contributed by atoms with Crippen LogP contribution in [0.15, 0.2) is 24.3 Å². The number of unbranched alkanes of at least 4 members (excludes halogenated alkanes) is 1. The number of likely N-dealkylation sites (tertiary alicyclic amines) is 1. The van der Waals surface area contributed by atoms with Gasteiger partial charge in [-0.25, -0.2) is 0 Å². The van der Waals surface area contributed by atoms with Crippen LogP contribution in [0.25, 0.3) is 0 Å².